The van der Waals surface area contributed by atoms with Gasteiger partial charge < -0.3 is 15.2 Å². The molecule has 0 fully saturated rings. The molecule has 0 aliphatic rings. The first-order chi connectivity index (χ1) is 15.3. The van der Waals surface area contributed by atoms with Crippen LogP contribution in [0.2, 0.25) is 0 Å². The van der Waals surface area contributed by atoms with E-state index < -0.39 is 10.8 Å². The summed E-state index contributed by atoms with van der Waals surface area (Å²) < 4.78 is 1.69. The topological polar surface area (TPSA) is 132 Å². The molecular weight excluding hydrogens is 432 g/mol. The van der Waals surface area contributed by atoms with Gasteiger partial charge in [-0.15, -0.1) is 10.2 Å². The summed E-state index contributed by atoms with van der Waals surface area (Å²) in [6.45, 7) is 2.01. The Morgan fingerprint density at radius 2 is 1.91 bits per heavy atom. The van der Waals surface area contributed by atoms with Gasteiger partial charge in [-0.2, -0.15) is 0 Å². The van der Waals surface area contributed by atoms with Gasteiger partial charge in [0.2, 0.25) is 5.91 Å². The number of thioether (sulfide) groups is 1. The Hall–Kier alpha value is -3.73. The Labute approximate surface area is 188 Å². The lowest BCUT2D eigenvalue weighted by atomic mass is 10.1. The van der Waals surface area contributed by atoms with Gasteiger partial charge in [0.15, 0.2) is 11.0 Å². The molecule has 0 spiro atoms. The molecule has 32 heavy (non-hydrogen) atoms. The molecule has 3 aromatic rings. The van der Waals surface area contributed by atoms with Crippen molar-refractivity contribution in [3.8, 4) is 0 Å². The lowest BCUT2D eigenvalue weighted by Crippen LogP contribution is -2.28. The average molecular weight is 455 g/mol. The number of nitrogens with zero attached hydrogens (tertiary/aromatic N) is 4. The molecule has 0 aliphatic carbocycles. The first-order valence-corrected chi connectivity index (χ1v) is 10.7. The quantitative estimate of drug-likeness (QED) is 0.288. The Bertz CT molecular complexity index is 1120. The van der Waals surface area contributed by atoms with Crippen molar-refractivity contribution in [2.75, 3.05) is 5.75 Å². The molecule has 2 N–H and O–H groups in total. The van der Waals surface area contributed by atoms with Crippen molar-refractivity contribution < 1.29 is 14.5 Å². The molecule has 2 aromatic carbocycles. The molecule has 1 aromatic heterocycles. The van der Waals surface area contributed by atoms with E-state index >= 15 is 0 Å². The van der Waals surface area contributed by atoms with E-state index in [-0.39, 0.29) is 35.5 Å². The molecular formula is C21H22N6O4S. The zero-order valence-corrected chi connectivity index (χ0v) is 18.3. The van der Waals surface area contributed by atoms with Crippen LogP contribution in [0.1, 0.15) is 34.7 Å². The van der Waals surface area contributed by atoms with Crippen molar-refractivity contribution >= 4 is 29.3 Å². The monoisotopic (exact) mass is 454 g/mol. The van der Waals surface area contributed by atoms with Crippen LogP contribution in [-0.4, -0.2) is 37.3 Å². The third kappa shape index (κ3) is 5.91. The van der Waals surface area contributed by atoms with Crippen molar-refractivity contribution in [1.82, 2.24) is 25.4 Å². The number of aromatic nitrogens is 3. The first-order valence-electron chi connectivity index (χ1n) is 9.73. The van der Waals surface area contributed by atoms with Crippen molar-refractivity contribution in [2.45, 2.75) is 24.7 Å². The number of amides is 2. The van der Waals surface area contributed by atoms with Crippen LogP contribution in [0.3, 0.4) is 0 Å². The maximum Gasteiger partial charge on any atom is 0.270 e. The summed E-state index contributed by atoms with van der Waals surface area (Å²) in [5, 5.41) is 25.1. The molecule has 10 nitrogen and oxygen atoms in total. The van der Waals surface area contributed by atoms with E-state index in [2.05, 4.69) is 20.8 Å². The minimum Gasteiger partial charge on any atom is -0.349 e. The highest BCUT2D eigenvalue weighted by Crippen LogP contribution is 2.17. The minimum atomic E-state index is -0.556. The second-order valence-corrected chi connectivity index (χ2v) is 7.88. The molecule has 166 valence electrons. The van der Waals surface area contributed by atoms with Crippen LogP contribution >= 0.6 is 11.8 Å². The van der Waals surface area contributed by atoms with E-state index in [1.54, 1.807) is 11.6 Å². The number of nitro benzene ring substituents is 1. The summed E-state index contributed by atoms with van der Waals surface area (Å²) in [6, 6.07) is 15.0. The molecule has 1 heterocycles. The van der Waals surface area contributed by atoms with Gasteiger partial charge in [0.25, 0.3) is 11.6 Å². The molecule has 3 rings (SSSR count). The minimum absolute atomic E-state index is 0.0861. The molecule has 1 atom stereocenters. The number of nitrogens with one attached hydrogen (secondary N) is 2. The van der Waals surface area contributed by atoms with Gasteiger partial charge in [-0.1, -0.05) is 48.2 Å². The summed E-state index contributed by atoms with van der Waals surface area (Å²) in [4.78, 5) is 34.9. The molecule has 2 amide bonds. The Balaban J connectivity index is 1.51. The standard InChI is InChI=1S/C21H22N6O4S/c1-14(15-7-4-3-5-8-15)23-19(28)13-32-21-25-24-18(26(21)2)12-22-20(29)16-9-6-10-17(11-16)27(30)31/h3-11,14H,12-13H2,1-2H3,(H,22,29)(H,23,28)/t14-/m0/s1. The van der Waals surface area contributed by atoms with Crippen LogP contribution in [-0.2, 0) is 18.4 Å². The van der Waals surface area contributed by atoms with Crippen LogP contribution in [0.25, 0.3) is 0 Å². The Morgan fingerprint density at radius 3 is 2.62 bits per heavy atom. The number of rotatable bonds is 9. The Kier molecular flexibility index (Phi) is 7.55. The number of carbonyl (C=O) groups excluding carboxylic acids is 2. The van der Waals surface area contributed by atoms with E-state index in [9.17, 15) is 19.7 Å². The van der Waals surface area contributed by atoms with Crippen molar-refractivity contribution in [2.24, 2.45) is 7.05 Å². The van der Waals surface area contributed by atoms with E-state index in [4.69, 9.17) is 0 Å². The second-order valence-electron chi connectivity index (χ2n) is 6.94. The number of nitro groups is 1. The second kappa shape index (κ2) is 10.5. The SMILES string of the molecule is C[C@H](NC(=O)CSc1nnc(CNC(=O)c2cccc([N+](=O)[O-])c2)n1C)c1ccccc1. The van der Waals surface area contributed by atoms with E-state index in [1.165, 1.54) is 36.0 Å². The molecule has 0 aliphatic heterocycles. The maximum atomic E-state index is 12.3. The van der Waals surface area contributed by atoms with Crippen LogP contribution in [0.15, 0.2) is 59.8 Å². The van der Waals surface area contributed by atoms with Gasteiger partial charge >= 0.3 is 0 Å². The van der Waals surface area contributed by atoms with Crippen LogP contribution in [0.5, 0.6) is 0 Å². The van der Waals surface area contributed by atoms with Gasteiger partial charge in [-0.3, -0.25) is 19.7 Å². The molecule has 11 heteroatoms. The van der Waals surface area contributed by atoms with Crippen LogP contribution in [0.4, 0.5) is 5.69 Å². The number of carbonyl (C=O) groups is 2. The molecule has 0 unspecified atom stereocenters. The molecule has 0 bridgehead atoms. The lowest BCUT2D eigenvalue weighted by Gasteiger charge is -2.14. The maximum absolute atomic E-state index is 12.3. The molecule has 0 saturated heterocycles. The third-order valence-electron chi connectivity index (χ3n) is 4.66. The fourth-order valence-corrected chi connectivity index (χ4v) is 3.63. The fraction of sp³-hybridized carbons (Fsp3) is 0.238. The van der Waals surface area contributed by atoms with Crippen molar-refractivity contribution in [1.29, 1.82) is 0 Å². The average Bonchev–Trinajstić information content (AvgIpc) is 3.15. The zero-order valence-electron chi connectivity index (χ0n) is 17.5. The number of benzene rings is 2. The van der Waals surface area contributed by atoms with Gasteiger partial charge in [0.1, 0.15) is 0 Å². The van der Waals surface area contributed by atoms with E-state index in [1.807, 2.05) is 37.3 Å². The summed E-state index contributed by atoms with van der Waals surface area (Å²) in [7, 11) is 1.74. The largest absolute Gasteiger partial charge is 0.349 e. The predicted octanol–water partition coefficient (Wildman–Crippen LogP) is 2.62. The fourth-order valence-electron chi connectivity index (χ4n) is 2.89. The number of non-ortho nitro benzene ring substituents is 1. The van der Waals surface area contributed by atoms with Crippen molar-refractivity contribution in [3.05, 3.63) is 81.7 Å². The third-order valence-corrected chi connectivity index (χ3v) is 5.68. The smallest absolute Gasteiger partial charge is 0.270 e. The van der Waals surface area contributed by atoms with Gasteiger partial charge in [0, 0.05) is 24.7 Å². The zero-order chi connectivity index (χ0) is 23.1. The highest BCUT2D eigenvalue weighted by Gasteiger charge is 2.15. The summed E-state index contributed by atoms with van der Waals surface area (Å²) >= 11 is 1.24. The summed E-state index contributed by atoms with van der Waals surface area (Å²) in [5.74, 6) is 0.0721. The molecule has 0 radical (unpaired) electrons. The Morgan fingerprint density at radius 1 is 1.16 bits per heavy atom. The van der Waals surface area contributed by atoms with Crippen LogP contribution in [0, 0.1) is 10.1 Å². The highest BCUT2D eigenvalue weighted by atomic mass is 32.2. The predicted molar refractivity (Wildman–Crippen MR) is 119 cm³/mol. The summed E-state index contributed by atoms with van der Waals surface area (Å²) in [5.41, 5.74) is 1.04. The number of hydrogen-bond acceptors (Lipinski definition) is 7. The van der Waals surface area contributed by atoms with Gasteiger partial charge in [0.05, 0.1) is 23.3 Å². The van der Waals surface area contributed by atoms with Gasteiger partial charge in [-0.05, 0) is 18.6 Å². The lowest BCUT2D eigenvalue weighted by molar-refractivity contribution is -0.384. The highest BCUT2D eigenvalue weighted by molar-refractivity contribution is 7.99. The first kappa shape index (κ1) is 22.9. The number of hydrogen-bond donors (Lipinski definition) is 2. The van der Waals surface area contributed by atoms with Gasteiger partial charge in [-0.25, -0.2) is 0 Å². The normalized spacial score (nSPS) is 11.6. The van der Waals surface area contributed by atoms with E-state index in [0.29, 0.717) is 11.0 Å². The van der Waals surface area contributed by atoms with E-state index in [0.717, 1.165) is 5.56 Å². The van der Waals surface area contributed by atoms with Crippen molar-refractivity contribution in [3.63, 3.8) is 0 Å². The molecule has 0 saturated carbocycles. The summed E-state index contributed by atoms with van der Waals surface area (Å²) in [6.07, 6.45) is 0. The van der Waals surface area contributed by atoms with Crippen LogP contribution < -0.4 is 10.6 Å².